The summed E-state index contributed by atoms with van der Waals surface area (Å²) < 4.78 is 9.95. The molecule has 27 heavy (non-hydrogen) atoms. The Labute approximate surface area is 165 Å². The van der Waals surface area contributed by atoms with Crippen LogP contribution in [0.25, 0.3) is 11.4 Å². The zero-order chi connectivity index (χ0) is 19.4. The number of nitrogens with zero attached hydrogens (tertiary/aromatic N) is 4. The van der Waals surface area contributed by atoms with E-state index in [2.05, 4.69) is 43.1 Å². The standard InChI is InChI=1S/C21H26N4OS/c1-5-16-10-12-17(13-11-16)14-23(2)15-25-21(27)24(3)20(22-25)18-8-6-7-9-19(18)26-4/h6-13H,5,14-15H2,1-4H3. The van der Waals surface area contributed by atoms with Crippen LogP contribution in [0.5, 0.6) is 5.75 Å². The Bertz CT molecular complexity index is 959. The minimum atomic E-state index is 0.622. The second-order valence-electron chi connectivity index (χ2n) is 6.69. The van der Waals surface area contributed by atoms with Gasteiger partial charge in [-0.2, -0.15) is 5.10 Å². The molecule has 1 aromatic heterocycles. The Morgan fingerprint density at radius 2 is 1.74 bits per heavy atom. The molecule has 0 N–H and O–H groups in total. The molecule has 142 valence electrons. The van der Waals surface area contributed by atoms with Crippen molar-refractivity contribution < 1.29 is 4.74 Å². The molecule has 3 rings (SSSR count). The average molecular weight is 383 g/mol. The van der Waals surface area contributed by atoms with Crippen LogP contribution in [-0.2, 0) is 26.7 Å². The molecule has 0 aliphatic rings. The first-order valence-electron chi connectivity index (χ1n) is 9.07. The van der Waals surface area contributed by atoms with Gasteiger partial charge in [-0.05, 0) is 48.9 Å². The molecule has 3 aromatic rings. The Morgan fingerprint density at radius 1 is 1.07 bits per heavy atom. The molecule has 5 nitrogen and oxygen atoms in total. The van der Waals surface area contributed by atoms with Crippen LogP contribution in [0.1, 0.15) is 18.1 Å². The number of aromatic nitrogens is 3. The molecular formula is C21H26N4OS. The van der Waals surface area contributed by atoms with Gasteiger partial charge in [0.1, 0.15) is 5.75 Å². The van der Waals surface area contributed by atoms with Gasteiger partial charge in [-0.1, -0.05) is 43.3 Å². The van der Waals surface area contributed by atoms with Crippen LogP contribution in [0.3, 0.4) is 0 Å². The van der Waals surface area contributed by atoms with E-state index in [1.165, 1.54) is 11.1 Å². The number of hydrogen-bond donors (Lipinski definition) is 0. The van der Waals surface area contributed by atoms with E-state index in [1.54, 1.807) is 7.11 Å². The van der Waals surface area contributed by atoms with Gasteiger partial charge in [0.05, 0.1) is 19.3 Å². The molecule has 1 heterocycles. The number of hydrogen-bond acceptors (Lipinski definition) is 4. The fourth-order valence-electron chi connectivity index (χ4n) is 3.11. The second-order valence-corrected chi connectivity index (χ2v) is 7.06. The van der Waals surface area contributed by atoms with Crippen molar-refractivity contribution in [1.29, 1.82) is 0 Å². The number of para-hydroxylation sites is 1. The van der Waals surface area contributed by atoms with Gasteiger partial charge < -0.3 is 9.30 Å². The third-order valence-corrected chi connectivity index (χ3v) is 5.13. The third-order valence-electron chi connectivity index (χ3n) is 4.65. The lowest BCUT2D eigenvalue weighted by atomic mass is 10.1. The molecule has 0 amide bonds. The summed E-state index contributed by atoms with van der Waals surface area (Å²) >= 11 is 5.61. The first-order valence-corrected chi connectivity index (χ1v) is 9.48. The van der Waals surface area contributed by atoms with Crippen molar-refractivity contribution in [2.45, 2.75) is 26.6 Å². The van der Waals surface area contributed by atoms with Crippen molar-refractivity contribution in [3.8, 4) is 17.1 Å². The molecule has 0 aliphatic carbocycles. The summed E-state index contributed by atoms with van der Waals surface area (Å²) in [5.74, 6) is 1.59. The van der Waals surface area contributed by atoms with Gasteiger partial charge in [0.25, 0.3) is 0 Å². The number of benzene rings is 2. The normalized spacial score (nSPS) is 11.1. The molecule has 0 atom stereocenters. The minimum Gasteiger partial charge on any atom is -0.496 e. The van der Waals surface area contributed by atoms with Crippen molar-refractivity contribution in [3.05, 3.63) is 64.4 Å². The van der Waals surface area contributed by atoms with E-state index < -0.39 is 0 Å². The maximum atomic E-state index is 5.61. The molecule has 0 spiro atoms. The van der Waals surface area contributed by atoms with Crippen LogP contribution in [0.15, 0.2) is 48.5 Å². The first-order chi connectivity index (χ1) is 13.0. The van der Waals surface area contributed by atoms with Gasteiger partial charge in [-0.3, -0.25) is 4.90 Å². The van der Waals surface area contributed by atoms with Gasteiger partial charge in [0.2, 0.25) is 0 Å². The highest BCUT2D eigenvalue weighted by molar-refractivity contribution is 7.71. The van der Waals surface area contributed by atoms with E-state index >= 15 is 0 Å². The van der Waals surface area contributed by atoms with Gasteiger partial charge in [0, 0.05) is 13.6 Å². The monoisotopic (exact) mass is 382 g/mol. The molecule has 0 saturated carbocycles. The molecular weight excluding hydrogens is 356 g/mol. The smallest absolute Gasteiger partial charge is 0.199 e. The van der Waals surface area contributed by atoms with E-state index in [0.29, 0.717) is 11.4 Å². The summed E-state index contributed by atoms with van der Waals surface area (Å²) in [4.78, 5) is 2.20. The van der Waals surface area contributed by atoms with Crippen molar-refractivity contribution >= 4 is 12.2 Å². The minimum absolute atomic E-state index is 0.622. The van der Waals surface area contributed by atoms with Crippen molar-refractivity contribution in [3.63, 3.8) is 0 Å². The highest BCUT2D eigenvalue weighted by atomic mass is 32.1. The number of methoxy groups -OCH3 is 1. The number of ether oxygens (including phenoxy) is 1. The molecule has 0 radical (unpaired) electrons. The highest BCUT2D eigenvalue weighted by Gasteiger charge is 2.14. The lowest BCUT2D eigenvalue weighted by Gasteiger charge is -2.16. The summed E-state index contributed by atoms with van der Waals surface area (Å²) in [6.07, 6.45) is 1.06. The SMILES string of the molecule is CCc1ccc(CN(C)Cn2nc(-c3ccccc3OC)n(C)c2=S)cc1. The summed E-state index contributed by atoms with van der Waals surface area (Å²) in [5, 5.41) is 4.75. The van der Waals surface area contributed by atoms with Gasteiger partial charge in [-0.25, -0.2) is 4.68 Å². The van der Waals surface area contributed by atoms with Crippen LogP contribution >= 0.6 is 12.2 Å². The summed E-state index contributed by atoms with van der Waals surface area (Å²) in [6.45, 7) is 3.63. The Kier molecular flexibility index (Phi) is 6.08. The zero-order valence-electron chi connectivity index (χ0n) is 16.3. The van der Waals surface area contributed by atoms with Crippen LogP contribution in [0.4, 0.5) is 0 Å². The van der Waals surface area contributed by atoms with E-state index in [0.717, 1.165) is 30.1 Å². The predicted octanol–water partition coefficient (Wildman–Crippen LogP) is 4.28. The van der Waals surface area contributed by atoms with E-state index in [9.17, 15) is 0 Å². The van der Waals surface area contributed by atoms with E-state index in [-0.39, 0.29) is 0 Å². The predicted molar refractivity (Wildman–Crippen MR) is 111 cm³/mol. The summed E-state index contributed by atoms with van der Waals surface area (Å²) in [5.41, 5.74) is 3.57. The quantitative estimate of drug-likeness (QED) is 0.572. The maximum Gasteiger partial charge on any atom is 0.199 e. The molecule has 0 aliphatic heterocycles. The Morgan fingerprint density at radius 3 is 2.41 bits per heavy atom. The van der Waals surface area contributed by atoms with Crippen LogP contribution in [-0.4, -0.2) is 33.4 Å². The summed E-state index contributed by atoms with van der Waals surface area (Å²) in [6, 6.07) is 16.6. The highest BCUT2D eigenvalue weighted by Crippen LogP contribution is 2.28. The maximum absolute atomic E-state index is 5.61. The third kappa shape index (κ3) is 4.28. The molecule has 2 aromatic carbocycles. The molecule has 6 heteroatoms. The van der Waals surface area contributed by atoms with Crippen molar-refractivity contribution in [1.82, 2.24) is 19.2 Å². The number of aryl methyl sites for hydroxylation is 1. The fourth-order valence-corrected chi connectivity index (χ4v) is 3.30. The van der Waals surface area contributed by atoms with Crippen molar-refractivity contribution in [2.24, 2.45) is 7.05 Å². The molecule has 0 fully saturated rings. The molecule has 0 bridgehead atoms. The number of rotatable bonds is 7. The van der Waals surface area contributed by atoms with Gasteiger partial charge in [-0.15, -0.1) is 0 Å². The Balaban J connectivity index is 1.80. The molecule has 0 saturated heterocycles. The summed E-state index contributed by atoms with van der Waals surface area (Å²) in [7, 11) is 5.69. The van der Waals surface area contributed by atoms with Crippen LogP contribution in [0, 0.1) is 4.77 Å². The average Bonchev–Trinajstić information content (AvgIpc) is 2.96. The van der Waals surface area contributed by atoms with Crippen LogP contribution < -0.4 is 4.74 Å². The van der Waals surface area contributed by atoms with E-state index in [1.807, 2.05) is 40.6 Å². The largest absolute Gasteiger partial charge is 0.496 e. The Hall–Kier alpha value is -2.44. The zero-order valence-corrected chi connectivity index (χ0v) is 17.2. The topological polar surface area (TPSA) is 35.2 Å². The first kappa shape index (κ1) is 19.3. The lowest BCUT2D eigenvalue weighted by Crippen LogP contribution is -2.22. The van der Waals surface area contributed by atoms with Crippen molar-refractivity contribution in [2.75, 3.05) is 14.2 Å². The second kappa shape index (κ2) is 8.50. The fraction of sp³-hybridized carbons (Fsp3) is 0.333. The van der Waals surface area contributed by atoms with Gasteiger partial charge in [0.15, 0.2) is 10.6 Å². The van der Waals surface area contributed by atoms with E-state index in [4.69, 9.17) is 22.1 Å². The van der Waals surface area contributed by atoms with Gasteiger partial charge >= 0.3 is 0 Å². The molecule has 0 unspecified atom stereocenters. The lowest BCUT2D eigenvalue weighted by molar-refractivity contribution is 0.244. The van der Waals surface area contributed by atoms with Crippen LogP contribution in [0.2, 0.25) is 0 Å².